The molecular weight excluding hydrogens is 423 g/mol. The Bertz CT molecular complexity index is 1120. The number of nitrogens with one attached hydrogen (secondary N) is 2. The highest BCUT2D eigenvalue weighted by atomic mass is 19.1. The van der Waals surface area contributed by atoms with Gasteiger partial charge in [0.1, 0.15) is 18.1 Å². The summed E-state index contributed by atoms with van der Waals surface area (Å²) in [6.07, 6.45) is 3.25. The van der Waals surface area contributed by atoms with E-state index in [1.807, 2.05) is 25.1 Å². The largest absolute Gasteiger partial charge is 0.491 e. The summed E-state index contributed by atoms with van der Waals surface area (Å²) in [5.74, 6) is 0.0830. The SMILES string of the molecule is C=CC(=O)Nc1cccc(-c2nc(Nc3ccc(OCCOCCC)c(C)c3)ncc2F)c1. The maximum atomic E-state index is 14.5. The van der Waals surface area contributed by atoms with Crippen molar-refractivity contribution in [1.82, 2.24) is 9.97 Å². The third-order valence-corrected chi connectivity index (χ3v) is 4.60. The average Bonchev–Trinajstić information content (AvgIpc) is 2.81. The second-order valence-electron chi connectivity index (χ2n) is 7.23. The molecule has 0 atom stereocenters. The Labute approximate surface area is 192 Å². The third-order valence-electron chi connectivity index (χ3n) is 4.60. The molecule has 0 saturated heterocycles. The number of rotatable bonds is 11. The van der Waals surface area contributed by atoms with Gasteiger partial charge in [0, 0.05) is 23.5 Å². The van der Waals surface area contributed by atoms with Crippen molar-refractivity contribution < 1.29 is 18.7 Å². The van der Waals surface area contributed by atoms with Crippen molar-refractivity contribution in [3.8, 4) is 17.0 Å². The quantitative estimate of drug-likeness (QED) is 0.306. The van der Waals surface area contributed by atoms with Gasteiger partial charge in [-0.3, -0.25) is 4.79 Å². The summed E-state index contributed by atoms with van der Waals surface area (Å²) in [6.45, 7) is 9.16. The second-order valence-corrected chi connectivity index (χ2v) is 7.23. The van der Waals surface area contributed by atoms with Crippen LogP contribution < -0.4 is 15.4 Å². The molecular formula is C25H27FN4O3. The molecule has 0 fully saturated rings. The molecule has 0 spiro atoms. The lowest BCUT2D eigenvalue weighted by Gasteiger charge is -2.12. The second kappa shape index (κ2) is 11.7. The number of halogens is 1. The van der Waals surface area contributed by atoms with E-state index in [4.69, 9.17) is 9.47 Å². The van der Waals surface area contributed by atoms with Crippen LogP contribution in [-0.4, -0.2) is 35.7 Å². The van der Waals surface area contributed by atoms with Gasteiger partial charge in [-0.05, 0) is 55.3 Å². The van der Waals surface area contributed by atoms with Crippen LogP contribution in [0.1, 0.15) is 18.9 Å². The first-order chi connectivity index (χ1) is 16.0. The van der Waals surface area contributed by atoms with Gasteiger partial charge in [-0.2, -0.15) is 0 Å². The van der Waals surface area contributed by atoms with Gasteiger partial charge in [0.2, 0.25) is 11.9 Å². The fourth-order valence-corrected chi connectivity index (χ4v) is 3.04. The fourth-order valence-electron chi connectivity index (χ4n) is 3.04. The fraction of sp³-hybridized carbons (Fsp3) is 0.240. The first kappa shape index (κ1) is 23.9. The molecule has 0 unspecified atom stereocenters. The van der Waals surface area contributed by atoms with Crippen molar-refractivity contribution in [2.45, 2.75) is 20.3 Å². The predicted molar refractivity (Wildman–Crippen MR) is 127 cm³/mol. The van der Waals surface area contributed by atoms with E-state index in [2.05, 4.69) is 34.1 Å². The van der Waals surface area contributed by atoms with Gasteiger partial charge in [0.15, 0.2) is 5.82 Å². The number of benzene rings is 2. The first-order valence-corrected chi connectivity index (χ1v) is 10.6. The number of nitrogens with zero attached hydrogens (tertiary/aromatic N) is 2. The van der Waals surface area contributed by atoms with Crippen LogP contribution in [0.25, 0.3) is 11.3 Å². The number of anilines is 3. The van der Waals surface area contributed by atoms with Crippen LogP contribution in [0.15, 0.2) is 61.3 Å². The van der Waals surface area contributed by atoms with E-state index >= 15 is 0 Å². The molecule has 3 rings (SSSR count). The Hall–Kier alpha value is -3.78. The van der Waals surface area contributed by atoms with Crippen LogP contribution >= 0.6 is 0 Å². The van der Waals surface area contributed by atoms with Crippen molar-refractivity contribution >= 4 is 23.2 Å². The predicted octanol–water partition coefficient (Wildman–Crippen LogP) is 5.26. The van der Waals surface area contributed by atoms with Gasteiger partial charge >= 0.3 is 0 Å². The summed E-state index contributed by atoms with van der Waals surface area (Å²) in [5.41, 5.74) is 2.81. The smallest absolute Gasteiger partial charge is 0.247 e. The minimum absolute atomic E-state index is 0.117. The molecule has 3 aromatic rings. The number of carbonyl (C=O) groups excluding carboxylic acids is 1. The molecule has 7 nitrogen and oxygen atoms in total. The van der Waals surface area contributed by atoms with Crippen LogP contribution in [0.5, 0.6) is 5.75 Å². The number of aromatic nitrogens is 2. The average molecular weight is 451 g/mol. The van der Waals surface area contributed by atoms with E-state index in [0.717, 1.165) is 36.2 Å². The molecule has 2 N–H and O–H groups in total. The van der Waals surface area contributed by atoms with Gasteiger partial charge in [0.05, 0.1) is 12.8 Å². The molecule has 0 saturated carbocycles. The van der Waals surface area contributed by atoms with E-state index in [0.29, 0.717) is 24.5 Å². The highest BCUT2D eigenvalue weighted by Crippen LogP contribution is 2.27. The minimum Gasteiger partial charge on any atom is -0.491 e. The maximum Gasteiger partial charge on any atom is 0.247 e. The van der Waals surface area contributed by atoms with Crippen LogP contribution in [0.4, 0.5) is 21.7 Å². The third kappa shape index (κ3) is 6.85. The van der Waals surface area contributed by atoms with Crippen LogP contribution in [0, 0.1) is 12.7 Å². The molecule has 172 valence electrons. The summed E-state index contributed by atoms with van der Waals surface area (Å²) < 4.78 is 25.7. The monoisotopic (exact) mass is 450 g/mol. The number of carbonyl (C=O) groups is 1. The van der Waals surface area contributed by atoms with Crippen LogP contribution in [-0.2, 0) is 9.53 Å². The topological polar surface area (TPSA) is 85.4 Å². The number of aryl methyl sites for hydroxylation is 1. The van der Waals surface area contributed by atoms with E-state index < -0.39 is 5.82 Å². The van der Waals surface area contributed by atoms with Crippen molar-refractivity contribution in [3.05, 3.63) is 72.7 Å². The molecule has 1 heterocycles. The van der Waals surface area contributed by atoms with Gasteiger partial charge < -0.3 is 20.1 Å². The van der Waals surface area contributed by atoms with Gasteiger partial charge in [-0.25, -0.2) is 14.4 Å². The molecule has 2 aromatic carbocycles. The summed E-state index contributed by atoms with van der Waals surface area (Å²) in [4.78, 5) is 19.9. The Morgan fingerprint density at radius 3 is 2.76 bits per heavy atom. The molecule has 0 aliphatic heterocycles. The number of ether oxygens (including phenoxy) is 2. The van der Waals surface area contributed by atoms with Crippen molar-refractivity contribution in [3.63, 3.8) is 0 Å². The Balaban J connectivity index is 1.72. The first-order valence-electron chi connectivity index (χ1n) is 10.6. The zero-order valence-corrected chi connectivity index (χ0v) is 18.7. The number of hydrogen-bond donors (Lipinski definition) is 2. The summed E-state index contributed by atoms with van der Waals surface area (Å²) >= 11 is 0. The molecule has 1 aromatic heterocycles. The van der Waals surface area contributed by atoms with Gasteiger partial charge in [0.25, 0.3) is 0 Å². The maximum absolute atomic E-state index is 14.5. The Morgan fingerprint density at radius 1 is 1.15 bits per heavy atom. The molecule has 33 heavy (non-hydrogen) atoms. The normalized spacial score (nSPS) is 10.5. The van der Waals surface area contributed by atoms with Crippen molar-refractivity contribution in [1.29, 1.82) is 0 Å². The molecule has 8 heteroatoms. The molecule has 0 aliphatic carbocycles. The van der Waals surface area contributed by atoms with Crippen LogP contribution in [0.2, 0.25) is 0 Å². The Kier molecular flexibility index (Phi) is 8.49. The highest BCUT2D eigenvalue weighted by molar-refractivity contribution is 5.99. The summed E-state index contributed by atoms with van der Waals surface area (Å²) in [5, 5.41) is 5.75. The number of hydrogen-bond acceptors (Lipinski definition) is 6. The molecule has 0 radical (unpaired) electrons. The van der Waals surface area contributed by atoms with E-state index in [-0.39, 0.29) is 17.5 Å². The van der Waals surface area contributed by atoms with E-state index in [9.17, 15) is 9.18 Å². The lowest BCUT2D eigenvalue weighted by molar-refractivity contribution is -0.111. The summed E-state index contributed by atoms with van der Waals surface area (Å²) in [7, 11) is 0. The number of amides is 1. The standard InChI is InChI=1S/C25H27FN4O3/c1-4-11-32-12-13-33-22-10-9-20(14-17(22)3)29-25-27-16-21(26)24(30-25)18-7-6-8-19(15-18)28-23(31)5-2/h5-10,14-16H,2,4,11-13H2,1,3H3,(H,28,31)(H,27,29,30). The molecule has 1 amide bonds. The van der Waals surface area contributed by atoms with Gasteiger partial charge in [-0.1, -0.05) is 25.6 Å². The van der Waals surface area contributed by atoms with Gasteiger partial charge in [-0.15, -0.1) is 0 Å². The molecule has 0 aliphatic rings. The Morgan fingerprint density at radius 2 is 2.00 bits per heavy atom. The summed E-state index contributed by atoms with van der Waals surface area (Å²) in [6, 6.07) is 12.3. The van der Waals surface area contributed by atoms with Crippen LogP contribution in [0.3, 0.4) is 0 Å². The lowest BCUT2D eigenvalue weighted by Crippen LogP contribution is -2.08. The molecule has 0 bridgehead atoms. The van der Waals surface area contributed by atoms with Crippen molar-refractivity contribution in [2.75, 3.05) is 30.5 Å². The highest BCUT2D eigenvalue weighted by Gasteiger charge is 2.12. The zero-order valence-electron chi connectivity index (χ0n) is 18.7. The minimum atomic E-state index is -0.571. The van der Waals surface area contributed by atoms with E-state index in [1.54, 1.807) is 24.3 Å². The lowest BCUT2D eigenvalue weighted by atomic mass is 10.1. The van der Waals surface area contributed by atoms with E-state index in [1.165, 1.54) is 6.08 Å². The zero-order chi connectivity index (χ0) is 23.6. The van der Waals surface area contributed by atoms with Crippen molar-refractivity contribution in [2.24, 2.45) is 0 Å².